The van der Waals surface area contributed by atoms with Crippen molar-refractivity contribution in [3.05, 3.63) is 30.1 Å². The smallest absolute Gasteiger partial charge is 0.316 e. The van der Waals surface area contributed by atoms with E-state index in [0.717, 1.165) is 37.7 Å². The van der Waals surface area contributed by atoms with E-state index in [0.29, 0.717) is 25.7 Å². The van der Waals surface area contributed by atoms with Crippen LogP contribution in [0.3, 0.4) is 0 Å². The summed E-state index contributed by atoms with van der Waals surface area (Å²) in [5, 5.41) is 0. The predicted octanol–water partition coefficient (Wildman–Crippen LogP) is 1.73. The fraction of sp³-hybridized carbons (Fsp3) is 0.588. The van der Waals surface area contributed by atoms with Crippen LogP contribution in [0.15, 0.2) is 30.1 Å². The molecule has 0 unspecified atom stereocenters. The first-order valence-electron chi connectivity index (χ1n) is 8.30. The minimum Gasteiger partial charge on any atom is -0.460 e. The number of hydrogen-bond acceptors (Lipinski definition) is 5. The first-order chi connectivity index (χ1) is 11.2. The van der Waals surface area contributed by atoms with Crippen molar-refractivity contribution < 1.29 is 14.3 Å². The second kappa shape index (κ2) is 5.92. The summed E-state index contributed by atoms with van der Waals surface area (Å²) < 4.78 is 11.8. The summed E-state index contributed by atoms with van der Waals surface area (Å²) >= 11 is 0. The van der Waals surface area contributed by atoms with E-state index < -0.39 is 0 Å². The molecular weight excluding hydrogens is 294 g/mol. The van der Waals surface area contributed by atoms with Crippen LogP contribution in [0.4, 0.5) is 0 Å². The molecule has 2 saturated heterocycles. The van der Waals surface area contributed by atoms with Crippen LogP contribution in [0.1, 0.15) is 32.1 Å². The number of hydrogen-bond donors (Lipinski definition) is 0. The van der Waals surface area contributed by atoms with Gasteiger partial charge in [0.1, 0.15) is 11.7 Å². The van der Waals surface area contributed by atoms with Crippen molar-refractivity contribution in [2.75, 3.05) is 19.7 Å². The Hall–Kier alpha value is -1.95. The van der Waals surface area contributed by atoms with Gasteiger partial charge in [-0.05, 0) is 25.3 Å². The van der Waals surface area contributed by atoms with Gasteiger partial charge in [0.25, 0.3) is 0 Å². The summed E-state index contributed by atoms with van der Waals surface area (Å²) in [5.74, 6) is 0.186. The monoisotopic (exact) mass is 315 g/mol. The summed E-state index contributed by atoms with van der Waals surface area (Å²) in [4.78, 5) is 22.5. The van der Waals surface area contributed by atoms with Crippen molar-refractivity contribution in [3.63, 3.8) is 0 Å². The van der Waals surface area contributed by atoms with Gasteiger partial charge in [-0.3, -0.25) is 4.79 Å². The molecule has 3 heterocycles. The van der Waals surface area contributed by atoms with Gasteiger partial charge in [0.05, 0.1) is 19.7 Å². The molecular formula is C17H21N3O3. The minimum atomic E-state index is -0.244. The minimum absolute atomic E-state index is 0.0501. The Morgan fingerprint density at radius 2 is 2.17 bits per heavy atom. The second-order valence-corrected chi connectivity index (χ2v) is 6.58. The van der Waals surface area contributed by atoms with Gasteiger partial charge in [0.15, 0.2) is 0 Å². The fourth-order valence-corrected chi connectivity index (χ4v) is 3.66. The highest BCUT2D eigenvalue weighted by atomic mass is 16.5. The highest BCUT2D eigenvalue weighted by Crippen LogP contribution is 2.36. The number of rotatable bonds is 3. The maximum atomic E-state index is 12.4. The summed E-state index contributed by atoms with van der Waals surface area (Å²) in [6.07, 6.45) is 10.1. The van der Waals surface area contributed by atoms with Gasteiger partial charge in [-0.1, -0.05) is 6.08 Å². The van der Waals surface area contributed by atoms with E-state index in [4.69, 9.17) is 9.47 Å². The molecule has 0 aromatic carbocycles. The molecule has 0 saturated carbocycles. The maximum absolute atomic E-state index is 12.4. The number of allylic oxidation sites excluding steroid dienone is 1. The van der Waals surface area contributed by atoms with Crippen molar-refractivity contribution in [2.45, 2.75) is 43.8 Å². The number of carbonyl (C=O) groups excluding carboxylic acids is 1. The first kappa shape index (κ1) is 14.6. The summed E-state index contributed by atoms with van der Waals surface area (Å²) in [5.41, 5.74) is 0.730. The van der Waals surface area contributed by atoms with Crippen LogP contribution in [0.2, 0.25) is 0 Å². The van der Waals surface area contributed by atoms with Gasteiger partial charge >= 0.3 is 6.01 Å². The van der Waals surface area contributed by atoms with Crippen LogP contribution in [-0.2, 0) is 9.53 Å². The molecule has 2 fully saturated rings. The molecule has 0 bridgehead atoms. The Morgan fingerprint density at radius 3 is 2.91 bits per heavy atom. The van der Waals surface area contributed by atoms with Gasteiger partial charge in [0, 0.05) is 30.8 Å². The molecule has 4 rings (SSSR count). The molecule has 1 amide bonds. The Morgan fingerprint density at radius 1 is 1.35 bits per heavy atom. The molecule has 122 valence electrons. The van der Waals surface area contributed by atoms with E-state index in [2.05, 4.69) is 16.0 Å². The summed E-state index contributed by atoms with van der Waals surface area (Å²) in [6, 6.07) is 2.18. The molecule has 1 aromatic heterocycles. The van der Waals surface area contributed by atoms with Crippen molar-refractivity contribution >= 4 is 5.91 Å². The molecule has 2 aliphatic heterocycles. The molecule has 1 aromatic rings. The van der Waals surface area contributed by atoms with Crippen LogP contribution in [0, 0.1) is 0 Å². The van der Waals surface area contributed by atoms with E-state index >= 15 is 0 Å². The third kappa shape index (κ3) is 2.95. The highest BCUT2D eigenvalue weighted by Gasteiger charge is 2.50. The zero-order valence-corrected chi connectivity index (χ0v) is 13.1. The number of amides is 1. The van der Waals surface area contributed by atoms with Crippen molar-refractivity contribution in [2.24, 2.45) is 0 Å². The molecule has 1 atom stereocenters. The summed E-state index contributed by atoms with van der Waals surface area (Å²) in [7, 11) is 0. The molecule has 3 aliphatic rings. The molecule has 1 spiro atoms. The van der Waals surface area contributed by atoms with Gasteiger partial charge < -0.3 is 14.4 Å². The fourth-order valence-electron chi connectivity index (χ4n) is 3.66. The van der Waals surface area contributed by atoms with Gasteiger partial charge in [-0.15, -0.1) is 0 Å². The quantitative estimate of drug-likeness (QED) is 0.850. The average molecular weight is 315 g/mol. The normalized spacial score (nSPS) is 25.8. The van der Waals surface area contributed by atoms with Crippen molar-refractivity contribution in [1.82, 2.24) is 14.9 Å². The molecule has 6 heteroatoms. The lowest BCUT2D eigenvalue weighted by Gasteiger charge is -2.52. The zero-order chi connectivity index (χ0) is 15.7. The average Bonchev–Trinajstić information content (AvgIpc) is 3.07. The second-order valence-electron chi connectivity index (χ2n) is 6.58. The SMILES string of the molecule is O=C(C1=CCCC1)N1CC2(C[C@@H](Oc3ncccn3)CCO2)C1. The van der Waals surface area contributed by atoms with Crippen molar-refractivity contribution in [1.29, 1.82) is 0 Å². The maximum Gasteiger partial charge on any atom is 0.316 e. The highest BCUT2D eigenvalue weighted by molar-refractivity contribution is 5.94. The molecule has 23 heavy (non-hydrogen) atoms. The van der Waals surface area contributed by atoms with Crippen molar-refractivity contribution in [3.8, 4) is 6.01 Å². The Kier molecular flexibility index (Phi) is 3.77. The largest absolute Gasteiger partial charge is 0.460 e. The Balaban J connectivity index is 1.34. The molecule has 1 aliphatic carbocycles. The molecule has 0 radical (unpaired) electrons. The lowest BCUT2D eigenvalue weighted by atomic mass is 9.84. The third-order valence-corrected chi connectivity index (χ3v) is 4.82. The topological polar surface area (TPSA) is 64.6 Å². The van der Waals surface area contributed by atoms with E-state index in [9.17, 15) is 4.79 Å². The number of carbonyl (C=O) groups is 1. The van der Waals surface area contributed by atoms with E-state index in [1.54, 1.807) is 18.5 Å². The third-order valence-electron chi connectivity index (χ3n) is 4.82. The van der Waals surface area contributed by atoms with E-state index in [1.807, 2.05) is 4.90 Å². The van der Waals surface area contributed by atoms with Crippen LogP contribution in [0.25, 0.3) is 0 Å². The van der Waals surface area contributed by atoms with Gasteiger partial charge in [-0.25, -0.2) is 9.97 Å². The lowest BCUT2D eigenvalue weighted by molar-refractivity contribution is -0.191. The van der Waals surface area contributed by atoms with Gasteiger partial charge in [-0.2, -0.15) is 0 Å². The van der Waals surface area contributed by atoms with Crippen LogP contribution in [0.5, 0.6) is 6.01 Å². The Bertz CT molecular complexity index is 611. The molecule has 0 N–H and O–H groups in total. The van der Waals surface area contributed by atoms with Crippen LogP contribution in [-0.4, -0.2) is 52.2 Å². The van der Waals surface area contributed by atoms with Crippen LogP contribution >= 0.6 is 0 Å². The molecule has 6 nitrogen and oxygen atoms in total. The number of likely N-dealkylation sites (tertiary alicyclic amines) is 1. The number of nitrogens with zero attached hydrogens (tertiary/aromatic N) is 3. The van der Waals surface area contributed by atoms with E-state index in [-0.39, 0.29) is 17.6 Å². The summed E-state index contributed by atoms with van der Waals surface area (Å²) in [6.45, 7) is 1.99. The number of aromatic nitrogens is 2. The van der Waals surface area contributed by atoms with Crippen LogP contribution < -0.4 is 4.74 Å². The van der Waals surface area contributed by atoms with Gasteiger partial charge in [0.2, 0.25) is 5.91 Å². The van der Waals surface area contributed by atoms with E-state index in [1.165, 1.54) is 0 Å². The predicted molar refractivity (Wildman–Crippen MR) is 82.9 cm³/mol. The number of ether oxygens (including phenoxy) is 2. The lowest BCUT2D eigenvalue weighted by Crippen LogP contribution is -2.67. The standard InChI is InChI=1S/C17H21N3O3/c21-15(13-4-1-2-5-13)20-11-17(12-20)10-14(6-9-22-17)23-16-18-7-3-8-19-16/h3-4,7-8,14H,1-2,5-6,9-12H2/t14-/m0/s1. The first-order valence-corrected chi connectivity index (χ1v) is 8.30. The Labute approximate surface area is 135 Å². The zero-order valence-electron chi connectivity index (χ0n) is 13.1.